The van der Waals surface area contributed by atoms with E-state index in [1.165, 1.54) is 10.4 Å². The monoisotopic (exact) mass is 350 g/mol. The molecule has 0 unspecified atom stereocenters. The number of rotatable bonds is 4. The first-order valence-electron chi connectivity index (χ1n) is 8.91. The van der Waals surface area contributed by atoms with Crippen molar-refractivity contribution in [2.24, 2.45) is 5.41 Å². The topological polar surface area (TPSA) is 61.8 Å². The number of piperidine rings is 1. The zero-order chi connectivity index (χ0) is 16.8. The van der Waals surface area contributed by atoms with Gasteiger partial charge in [-0.1, -0.05) is 0 Å². The molecule has 1 aliphatic carbocycles. The first kappa shape index (κ1) is 16.5. The molecule has 0 radical (unpaired) electrons. The lowest BCUT2D eigenvalue weighted by Gasteiger charge is -2.43. The number of carbonyl (C=O) groups excluding carboxylic acids is 1. The van der Waals surface area contributed by atoms with Crippen LogP contribution in [0.25, 0.3) is 0 Å². The fourth-order valence-corrected chi connectivity index (χ4v) is 4.99. The van der Waals surface area contributed by atoms with Crippen LogP contribution >= 0.6 is 11.3 Å². The van der Waals surface area contributed by atoms with Crippen LogP contribution < -0.4 is 5.32 Å². The molecule has 1 spiro atoms. The van der Waals surface area contributed by atoms with Crippen molar-refractivity contribution in [2.45, 2.75) is 37.7 Å². The van der Waals surface area contributed by atoms with Gasteiger partial charge in [-0.05, 0) is 44.4 Å². The van der Waals surface area contributed by atoms with Gasteiger partial charge < -0.3 is 20.1 Å². The van der Waals surface area contributed by atoms with Crippen LogP contribution in [0.5, 0.6) is 0 Å². The number of nitrogens with one attached hydrogen (secondary N) is 1. The molecule has 2 fully saturated rings. The van der Waals surface area contributed by atoms with Gasteiger partial charge in [0.1, 0.15) is 0 Å². The maximum Gasteiger partial charge on any atom is 0.261 e. The van der Waals surface area contributed by atoms with E-state index in [1.807, 2.05) is 0 Å². The number of carbonyl (C=O) groups is 1. The highest BCUT2D eigenvalue weighted by molar-refractivity contribution is 7.14. The van der Waals surface area contributed by atoms with E-state index >= 15 is 0 Å². The maximum atomic E-state index is 12.5. The van der Waals surface area contributed by atoms with Crippen LogP contribution in [-0.4, -0.2) is 55.8 Å². The average molecular weight is 350 g/mol. The zero-order valence-corrected chi connectivity index (χ0v) is 15.1. The van der Waals surface area contributed by atoms with E-state index in [4.69, 9.17) is 4.74 Å². The fourth-order valence-electron chi connectivity index (χ4n) is 3.84. The number of aliphatic hydroxyl groups is 1. The van der Waals surface area contributed by atoms with E-state index in [9.17, 15) is 9.90 Å². The minimum absolute atomic E-state index is 0.00259. The van der Waals surface area contributed by atoms with E-state index in [-0.39, 0.29) is 23.5 Å². The van der Waals surface area contributed by atoms with Crippen molar-refractivity contribution < 1.29 is 14.6 Å². The van der Waals surface area contributed by atoms with E-state index in [0.717, 1.165) is 56.7 Å². The molecule has 132 valence electrons. The Balaban J connectivity index is 1.51. The van der Waals surface area contributed by atoms with Crippen LogP contribution in [0, 0.1) is 5.41 Å². The zero-order valence-electron chi connectivity index (χ0n) is 14.3. The third kappa shape index (κ3) is 2.90. The van der Waals surface area contributed by atoms with Crippen LogP contribution in [0.4, 0.5) is 0 Å². The number of hydrogen-bond acceptors (Lipinski definition) is 5. The highest BCUT2D eigenvalue weighted by Gasteiger charge is 2.43. The normalized spacial score (nSPS) is 24.6. The van der Waals surface area contributed by atoms with E-state index in [2.05, 4.69) is 23.3 Å². The van der Waals surface area contributed by atoms with Gasteiger partial charge in [-0.15, -0.1) is 11.3 Å². The first-order valence-corrected chi connectivity index (χ1v) is 9.72. The second kappa shape index (κ2) is 6.09. The predicted octanol–water partition coefficient (Wildman–Crippen LogP) is 1.74. The number of thiophene rings is 1. The van der Waals surface area contributed by atoms with Gasteiger partial charge in [0.15, 0.2) is 0 Å². The third-order valence-electron chi connectivity index (χ3n) is 5.94. The molecule has 24 heavy (non-hydrogen) atoms. The summed E-state index contributed by atoms with van der Waals surface area (Å²) in [5.74, 6) is -0.00259. The minimum atomic E-state index is -0.183. The largest absolute Gasteiger partial charge is 0.396 e. The molecule has 6 heteroatoms. The van der Waals surface area contributed by atoms with Gasteiger partial charge in [-0.2, -0.15) is 0 Å². The molecule has 0 bridgehead atoms. The molecule has 2 aliphatic heterocycles. The Kier molecular flexibility index (Phi) is 4.19. The summed E-state index contributed by atoms with van der Waals surface area (Å²) in [6, 6.07) is 2.07. The fraction of sp³-hybridized carbons (Fsp3) is 0.722. The number of fused-ring (bicyclic) bond motifs is 2. The molecule has 5 nitrogen and oxygen atoms in total. The molecule has 0 aromatic carbocycles. The van der Waals surface area contributed by atoms with Crippen molar-refractivity contribution in [2.75, 3.05) is 39.9 Å². The summed E-state index contributed by atoms with van der Waals surface area (Å²) >= 11 is 1.62. The van der Waals surface area contributed by atoms with E-state index in [1.54, 1.807) is 11.3 Å². The standard InChI is InChI=1S/C18H26N2O3S/c1-20-7-5-18(6-8-20)13-10-15(24-14(13)2-9-23-18)16(22)19-11-17(12-21)3-4-17/h10,21H,2-9,11-12H2,1H3,(H,19,22). The number of aliphatic hydroxyl groups excluding tert-OH is 1. The van der Waals surface area contributed by atoms with Crippen molar-refractivity contribution in [1.82, 2.24) is 10.2 Å². The lowest BCUT2D eigenvalue weighted by molar-refractivity contribution is -0.0942. The molecule has 1 saturated carbocycles. The third-order valence-corrected chi connectivity index (χ3v) is 7.14. The van der Waals surface area contributed by atoms with Gasteiger partial charge in [0, 0.05) is 36.3 Å². The summed E-state index contributed by atoms with van der Waals surface area (Å²) in [5.41, 5.74) is 1.02. The molecule has 0 atom stereocenters. The lowest BCUT2D eigenvalue weighted by atomic mass is 9.82. The maximum absolute atomic E-state index is 12.5. The number of amides is 1. The summed E-state index contributed by atoms with van der Waals surface area (Å²) in [6.45, 7) is 3.58. The van der Waals surface area contributed by atoms with Crippen LogP contribution in [0.15, 0.2) is 6.07 Å². The molecule has 3 aliphatic rings. The Morgan fingerprint density at radius 2 is 2.12 bits per heavy atom. The Morgan fingerprint density at radius 1 is 1.38 bits per heavy atom. The molecular weight excluding hydrogens is 324 g/mol. The van der Waals surface area contributed by atoms with Crippen LogP contribution in [0.3, 0.4) is 0 Å². The van der Waals surface area contributed by atoms with Gasteiger partial charge >= 0.3 is 0 Å². The highest BCUT2D eigenvalue weighted by Crippen LogP contribution is 2.45. The SMILES string of the molecule is CN1CCC2(CC1)OCCc1sc(C(=O)NCC3(CO)CC3)cc12. The molecule has 1 aromatic rings. The van der Waals surface area contributed by atoms with Gasteiger partial charge in [0.25, 0.3) is 5.91 Å². The smallest absolute Gasteiger partial charge is 0.261 e. The summed E-state index contributed by atoms with van der Waals surface area (Å²) in [4.78, 5) is 17.0. The second-order valence-electron chi connectivity index (χ2n) is 7.68. The number of likely N-dealkylation sites (tertiary alicyclic amines) is 1. The van der Waals surface area contributed by atoms with Crippen LogP contribution in [0.2, 0.25) is 0 Å². The lowest BCUT2D eigenvalue weighted by Crippen LogP contribution is -2.44. The van der Waals surface area contributed by atoms with Crippen molar-refractivity contribution in [3.05, 3.63) is 21.4 Å². The van der Waals surface area contributed by atoms with Crippen LogP contribution in [0.1, 0.15) is 45.8 Å². The van der Waals surface area contributed by atoms with Crippen molar-refractivity contribution in [3.8, 4) is 0 Å². The Labute approximate surface area is 147 Å². The summed E-state index contributed by atoms with van der Waals surface area (Å²) in [6.07, 6.45) is 4.93. The molecule has 2 N–H and O–H groups in total. The van der Waals surface area contributed by atoms with Gasteiger partial charge in [-0.3, -0.25) is 4.79 Å². The Morgan fingerprint density at radius 3 is 2.79 bits per heavy atom. The molecule has 4 rings (SSSR count). The average Bonchev–Trinajstić information content (AvgIpc) is 3.25. The highest BCUT2D eigenvalue weighted by atomic mass is 32.1. The van der Waals surface area contributed by atoms with Crippen molar-refractivity contribution >= 4 is 17.2 Å². The summed E-state index contributed by atoms with van der Waals surface area (Å²) < 4.78 is 6.23. The molecular formula is C18H26N2O3S. The molecule has 1 aromatic heterocycles. The molecule has 1 saturated heterocycles. The van der Waals surface area contributed by atoms with E-state index in [0.29, 0.717) is 6.54 Å². The predicted molar refractivity (Wildman–Crippen MR) is 93.5 cm³/mol. The van der Waals surface area contributed by atoms with Gasteiger partial charge in [-0.25, -0.2) is 0 Å². The second-order valence-corrected chi connectivity index (χ2v) is 8.82. The Hall–Kier alpha value is -0.950. The van der Waals surface area contributed by atoms with Crippen molar-refractivity contribution in [3.63, 3.8) is 0 Å². The molecule has 3 heterocycles. The molecule has 1 amide bonds. The number of ether oxygens (including phenoxy) is 1. The first-order chi connectivity index (χ1) is 11.6. The van der Waals surface area contributed by atoms with E-state index < -0.39 is 0 Å². The van der Waals surface area contributed by atoms with Crippen molar-refractivity contribution in [1.29, 1.82) is 0 Å². The van der Waals surface area contributed by atoms with Crippen LogP contribution in [-0.2, 0) is 16.8 Å². The number of hydrogen-bond donors (Lipinski definition) is 2. The summed E-state index contributed by atoms with van der Waals surface area (Å²) in [7, 11) is 2.15. The van der Waals surface area contributed by atoms with Gasteiger partial charge in [0.05, 0.1) is 23.7 Å². The quantitative estimate of drug-likeness (QED) is 0.868. The number of nitrogens with zero attached hydrogens (tertiary/aromatic N) is 1. The van der Waals surface area contributed by atoms with Gasteiger partial charge in [0.2, 0.25) is 0 Å². The Bertz CT molecular complexity index is 630. The minimum Gasteiger partial charge on any atom is -0.396 e. The summed E-state index contributed by atoms with van der Waals surface area (Å²) in [5, 5.41) is 12.4.